The fourth-order valence-corrected chi connectivity index (χ4v) is 3.39. The zero-order valence-corrected chi connectivity index (χ0v) is 17.1. The maximum absolute atomic E-state index is 12.9. The van der Waals surface area contributed by atoms with Gasteiger partial charge >= 0.3 is 0 Å². The molecule has 1 N–H and O–H groups in total. The molecule has 0 aliphatic carbocycles. The number of carbonyl (C=O) groups is 2. The molecule has 11 heteroatoms. The molecule has 31 heavy (non-hydrogen) atoms. The Bertz CT molecular complexity index is 1110. The van der Waals surface area contributed by atoms with Gasteiger partial charge in [0, 0.05) is 18.3 Å². The molecule has 0 saturated heterocycles. The molecule has 4 rings (SSSR count). The Kier molecular flexibility index (Phi) is 6.03. The molecular formula is C20H17FN4O5S. The van der Waals surface area contributed by atoms with Crippen LogP contribution < -0.4 is 14.8 Å². The number of halogens is 1. The number of rotatable bonds is 7. The van der Waals surface area contributed by atoms with Gasteiger partial charge in [0.15, 0.2) is 11.5 Å². The van der Waals surface area contributed by atoms with E-state index in [1.165, 1.54) is 36.2 Å². The molecule has 1 aliphatic heterocycles. The fraction of sp³-hybridized carbons (Fsp3) is 0.200. The molecule has 3 aromatic rings. The van der Waals surface area contributed by atoms with E-state index in [9.17, 15) is 14.0 Å². The molecule has 1 aliphatic rings. The molecule has 0 bridgehead atoms. The second-order valence-electron chi connectivity index (χ2n) is 6.53. The summed E-state index contributed by atoms with van der Waals surface area (Å²) in [5.74, 6) is 0.474. The molecule has 0 unspecified atom stereocenters. The molecule has 2 heterocycles. The number of hydrogen-bond acceptors (Lipinski definition) is 8. The summed E-state index contributed by atoms with van der Waals surface area (Å²) in [5, 5.41) is 10.8. The number of nitrogens with one attached hydrogen (secondary N) is 1. The molecule has 0 saturated carbocycles. The third-order valence-corrected chi connectivity index (χ3v) is 5.08. The van der Waals surface area contributed by atoms with Crippen molar-refractivity contribution >= 4 is 29.3 Å². The highest BCUT2D eigenvalue weighted by atomic mass is 32.2. The summed E-state index contributed by atoms with van der Waals surface area (Å²) in [6.45, 7) is 0.0182. The number of amides is 2. The number of fused-ring (bicyclic) bond motifs is 1. The van der Waals surface area contributed by atoms with Gasteiger partial charge in [-0.25, -0.2) is 4.39 Å². The van der Waals surface area contributed by atoms with E-state index in [2.05, 4.69) is 15.5 Å². The summed E-state index contributed by atoms with van der Waals surface area (Å²) in [4.78, 5) is 25.6. The average Bonchev–Trinajstić information content (AvgIpc) is 3.42. The molecular weight excluding hydrogens is 427 g/mol. The maximum Gasteiger partial charge on any atom is 0.277 e. The van der Waals surface area contributed by atoms with Crippen LogP contribution in [0, 0.1) is 5.82 Å². The van der Waals surface area contributed by atoms with Gasteiger partial charge in [-0.1, -0.05) is 11.8 Å². The Labute approximate surface area is 180 Å². The summed E-state index contributed by atoms with van der Waals surface area (Å²) in [6.07, 6.45) is 0. The molecule has 0 radical (unpaired) electrons. The Balaban J connectivity index is 1.27. The first-order chi connectivity index (χ1) is 15.0. The second kappa shape index (κ2) is 9.04. The molecule has 2 aromatic carbocycles. The van der Waals surface area contributed by atoms with Gasteiger partial charge in [-0.05, 0) is 42.5 Å². The Morgan fingerprint density at radius 1 is 1.13 bits per heavy atom. The highest BCUT2D eigenvalue weighted by molar-refractivity contribution is 7.99. The summed E-state index contributed by atoms with van der Waals surface area (Å²) in [7, 11) is 1.51. The van der Waals surface area contributed by atoms with Crippen LogP contribution in [0.15, 0.2) is 52.1 Å². The largest absolute Gasteiger partial charge is 0.454 e. The first-order valence-electron chi connectivity index (χ1n) is 9.13. The van der Waals surface area contributed by atoms with E-state index in [0.717, 1.165) is 11.8 Å². The fourth-order valence-electron chi connectivity index (χ4n) is 2.69. The lowest BCUT2D eigenvalue weighted by atomic mass is 10.2. The normalized spacial score (nSPS) is 11.9. The third kappa shape index (κ3) is 5.12. The van der Waals surface area contributed by atoms with Crippen LogP contribution in [0.3, 0.4) is 0 Å². The number of likely N-dealkylation sites (N-methyl/N-ethyl adjacent to an activating group) is 1. The quantitative estimate of drug-likeness (QED) is 0.555. The van der Waals surface area contributed by atoms with Crippen LogP contribution in [0.25, 0.3) is 11.5 Å². The minimum absolute atomic E-state index is 0.0170. The highest BCUT2D eigenvalue weighted by Gasteiger charge is 2.18. The Hall–Kier alpha value is -3.60. The molecule has 0 fully saturated rings. The van der Waals surface area contributed by atoms with Crippen LogP contribution in [-0.2, 0) is 9.59 Å². The number of benzene rings is 2. The lowest BCUT2D eigenvalue weighted by Crippen LogP contribution is -2.35. The standard InChI is InChI=1S/C20H17FN4O5S/c1-25(9-17(26)22-14-5-3-13(21)4-6-14)18(27)10-31-20-24-23-19(30-20)12-2-7-15-16(8-12)29-11-28-15/h2-8H,9-11H2,1H3,(H,22,26). The van der Waals surface area contributed by atoms with Gasteiger partial charge < -0.3 is 24.1 Å². The van der Waals surface area contributed by atoms with Crippen molar-refractivity contribution in [3.05, 3.63) is 48.3 Å². The van der Waals surface area contributed by atoms with Gasteiger partial charge in [0.2, 0.25) is 24.5 Å². The van der Waals surface area contributed by atoms with Gasteiger partial charge in [-0.2, -0.15) is 0 Å². The lowest BCUT2D eigenvalue weighted by molar-refractivity contribution is -0.131. The van der Waals surface area contributed by atoms with Crippen LogP contribution >= 0.6 is 11.8 Å². The van der Waals surface area contributed by atoms with Crippen molar-refractivity contribution in [1.82, 2.24) is 15.1 Å². The predicted molar refractivity (Wildman–Crippen MR) is 109 cm³/mol. The van der Waals surface area contributed by atoms with Gasteiger partial charge in [0.05, 0.1) is 12.3 Å². The summed E-state index contributed by atoms with van der Waals surface area (Å²) >= 11 is 1.07. The van der Waals surface area contributed by atoms with E-state index in [4.69, 9.17) is 13.9 Å². The van der Waals surface area contributed by atoms with Crippen molar-refractivity contribution in [2.24, 2.45) is 0 Å². The second-order valence-corrected chi connectivity index (χ2v) is 7.46. The monoisotopic (exact) mass is 444 g/mol. The number of hydrogen-bond donors (Lipinski definition) is 1. The van der Waals surface area contributed by atoms with Crippen molar-refractivity contribution in [3.63, 3.8) is 0 Å². The SMILES string of the molecule is CN(CC(=O)Nc1ccc(F)cc1)C(=O)CSc1nnc(-c2ccc3c(c2)OCO3)o1. The summed E-state index contributed by atoms with van der Waals surface area (Å²) in [6, 6.07) is 10.6. The topological polar surface area (TPSA) is 107 Å². The Morgan fingerprint density at radius 2 is 1.90 bits per heavy atom. The molecule has 160 valence electrons. The maximum atomic E-state index is 12.9. The van der Waals surface area contributed by atoms with Crippen LogP contribution in [0.5, 0.6) is 11.5 Å². The highest BCUT2D eigenvalue weighted by Crippen LogP contribution is 2.36. The number of carbonyl (C=O) groups excluding carboxylic acids is 2. The van der Waals surface area contributed by atoms with Crippen LogP contribution in [0.2, 0.25) is 0 Å². The van der Waals surface area contributed by atoms with Crippen LogP contribution in [0.1, 0.15) is 0 Å². The lowest BCUT2D eigenvalue weighted by Gasteiger charge is -2.16. The van der Waals surface area contributed by atoms with E-state index in [1.54, 1.807) is 18.2 Å². The van der Waals surface area contributed by atoms with Crippen LogP contribution in [0.4, 0.5) is 10.1 Å². The first kappa shape index (κ1) is 20.7. The van der Waals surface area contributed by atoms with E-state index >= 15 is 0 Å². The van der Waals surface area contributed by atoms with Crippen molar-refractivity contribution in [2.45, 2.75) is 5.22 Å². The number of thioether (sulfide) groups is 1. The number of nitrogens with zero attached hydrogens (tertiary/aromatic N) is 3. The van der Waals surface area contributed by atoms with Gasteiger partial charge in [-0.3, -0.25) is 9.59 Å². The van der Waals surface area contributed by atoms with Crippen molar-refractivity contribution in [2.75, 3.05) is 31.5 Å². The predicted octanol–water partition coefficient (Wildman–Crippen LogP) is 2.79. The third-order valence-electron chi connectivity index (χ3n) is 4.28. The number of anilines is 1. The van der Waals surface area contributed by atoms with E-state index < -0.39 is 11.7 Å². The zero-order valence-electron chi connectivity index (χ0n) is 16.3. The Morgan fingerprint density at radius 3 is 2.71 bits per heavy atom. The van der Waals surface area contributed by atoms with Crippen molar-refractivity contribution in [1.29, 1.82) is 0 Å². The van der Waals surface area contributed by atoms with E-state index in [1.807, 2.05) is 0 Å². The van der Waals surface area contributed by atoms with Crippen LogP contribution in [-0.4, -0.2) is 53.0 Å². The van der Waals surface area contributed by atoms with Gasteiger partial charge in [0.25, 0.3) is 5.22 Å². The molecule has 0 atom stereocenters. The van der Waals surface area contributed by atoms with Crippen molar-refractivity contribution in [3.8, 4) is 23.0 Å². The van der Waals surface area contributed by atoms with E-state index in [-0.39, 0.29) is 30.2 Å². The average molecular weight is 444 g/mol. The molecule has 2 amide bonds. The smallest absolute Gasteiger partial charge is 0.277 e. The van der Waals surface area contributed by atoms with E-state index in [0.29, 0.717) is 28.6 Å². The van der Waals surface area contributed by atoms with Gasteiger partial charge in [-0.15, -0.1) is 10.2 Å². The number of aromatic nitrogens is 2. The minimum Gasteiger partial charge on any atom is -0.454 e. The minimum atomic E-state index is -0.398. The first-order valence-corrected chi connectivity index (χ1v) is 10.1. The molecule has 1 aromatic heterocycles. The number of ether oxygens (including phenoxy) is 2. The van der Waals surface area contributed by atoms with Crippen molar-refractivity contribution < 1.29 is 27.9 Å². The zero-order chi connectivity index (χ0) is 21.8. The molecule has 9 nitrogen and oxygen atoms in total. The van der Waals surface area contributed by atoms with Gasteiger partial charge in [0.1, 0.15) is 5.82 Å². The molecule has 0 spiro atoms. The summed E-state index contributed by atoms with van der Waals surface area (Å²) in [5.41, 5.74) is 1.12. The summed E-state index contributed by atoms with van der Waals surface area (Å²) < 4.78 is 29.1.